The van der Waals surface area contributed by atoms with Gasteiger partial charge in [0.2, 0.25) is 10.0 Å². The van der Waals surface area contributed by atoms with Crippen LogP contribution in [0.2, 0.25) is 0 Å². The van der Waals surface area contributed by atoms with Crippen molar-refractivity contribution >= 4 is 15.9 Å². The summed E-state index contributed by atoms with van der Waals surface area (Å²) in [6.07, 6.45) is 0. The highest BCUT2D eigenvalue weighted by molar-refractivity contribution is 7.89. The number of hydrogen-bond donors (Lipinski definition) is 2. The van der Waals surface area contributed by atoms with E-state index < -0.39 is 10.0 Å². The van der Waals surface area contributed by atoms with Gasteiger partial charge in [0.25, 0.3) is 5.91 Å². The third kappa shape index (κ3) is 6.38. The molecule has 8 heteroatoms. The molecule has 0 radical (unpaired) electrons. The maximum atomic E-state index is 13.0. The van der Waals surface area contributed by atoms with Crippen LogP contribution in [-0.4, -0.2) is 20.9 Å². The topological polar surface area (TPSA) is 84.5 Å². The number of nitrogens with one attached hydrogen (secondary N) is 2. The number of carbonyl (C=O) groups is 1. The Balaban J connectivity index is 1.53. The lowest BCUT2D eigenvalue weighted by atomic mass is 10.1. The summed E-state index contributed by atoms with van der Waals surface area (Å²) in [5.41, 5.74) is 1.63. The van der Waals surface area contributed by atoms with E-state index in [4.69, 9.17) is 4.74 Å². The molecular formula is C24H25FN2O4S. The fourth-order valence-electron chi connectivity index (χ4n) is 3.09. The lowest BCUT2D eigenvalue weighted by Gasteiger charge is -2.16. The van der Waals surface area contributed by atoms with Crippen molar-refractivity contribution in [3.63, 3.8) is 0 Å². The van der Waals surface area contributed by atoms with Gasteiger partial charge in [0, 0.05) is 6.04 Å². The summed E-state index contributed by atoms with van der Waals surface area (Å²) < 4.78 is 46.4. The van der Waals surface area contributed by atoms with Gasteiger partial charge in [-0.25, -0.2) is 17.5 Å². The summed E-state index contributed by atoms with van der Waals surface area (Å²) >= 11 is 0. The SMILES string of the molecule is C[C@H](NC(=O)COc1ccc(S(=O)(=O)N[C@H](C)c2ccccc2)cc1)c1ccc(F)cc1. The van der Waals surface area contributed by atoms with Gasteiger partial charge in [0.05, 0.1) is 10.9 Å². The van der Waals surface area contributed by atoms with Crippen molar-refractivity contribution < 1.29 is 22.3 Å². The van der Waals surface area contributed by atoms with Crippen LogP contribution in [0.5, 0.6) is 5.75 Å². The average molecular weight is 457 g/mol. The second-order valence-electron chi connectivity index (χ2n) is 7.35. The Kier molecular flexibility index (Phi) is 7.61. The Hall–Kier alpha value is -3.23. The van der Waals surface area contributed by atoms with Crippen molar-refractivity contribution in [1.29, 1.82) is 0 Å². The van der Waals surface area contributed by atoms with Gasteiger partial charge in [-0.1, -0.05) is 42.5 Å². The lowest BCUT2D eigenvalue weighted by molar-refractivity contribution is -0.123. The molecule has 0 aliphatic rings. The minimum Gasteiger partial charge on any atom is -0.484 e. The molecule has 32 heavy (non-hydrogen) atoms. The Morgan fingerprint density at radius 2 is 1.47 bits per heavy atom. The van der Waals surface area contributed by atoms with E-state index in [0.29, 0.717) is 5.75 Å². The third-order valence-electron chi connectivity index (χ3n) is 4.88. The predicted molar refractivity (Wildman–Crippen MR) is 120 cm³/mol. The Bertz CT molecular complexity index is 1130. The van der Waals surface area contributed by atoms with Crippen LogP contribution in [0.3, 0.4) is 0 Å². The van der Waals surface area contributed by atoms with Crippen molar-refractivity contribution in [3.8, 4) is 5.75 Å². The van der Waals surface area contributed by atoms with Crippen LogP contribution >= 0.6 is 0 Å². The number of sulfonamides is 1. The summed E-state index contributed by atoms with van der Waals surface area (Å²) in [4.78, 5) is 12.2. The van der Waals surface area contributed by atoms with E-state index in [2.05, 4.69) is 10.0 Å². The molecule has 0 heterocycles. The average Bonchev–Trinajstić information content (AvgIpc) is 2.78. The van der Waals surface area contributed by atoms with Crippen molar-refractivity contribution in [2.45, 2.75) is 30.8 Å². The molecule has 0 aliphatic carbocycles. The second kappa shape index (κ2) is 10.4. The van der Waals surface area contributed by atoms with Crippen LogP contribution in [0.4, 0.5) is 4.39 Å². The molecule has 0 bridgehead atoms. The summed E-state index contributed by atoms with van der Waals surface area (Å²) in [6.45, 7) is 3.32. The lowest BCUT2D eigenvalue weighted by Crippen LogP contribution is -2.31. The molecule has 2 atom stereocenters. The molecule has 3 rings (SSSR count). The smallest absolute Gasteiger partial charge is 0.258 e. The van der Waals surface area contributed by atoms with Crippen LogP contribution in [-0.2, 0) is 14.8 Å². The zero-order valence-corrected chi connectivity index (χ0v) is 18.6. The van der Waals surface area contributed by atoms with E-state index in [0.717, 1.165) is 11.1 Å². The van der Waals surface area contributed by atoms with Crippen molar-refractivity contribution in [2.75, 3.05) is 6.61 Å². The first-order chi connectivity index (χ1) is 15.2. The van der Waals surface area contributed by atoms with E-state index >= 15 is 0 Å². The number of carbonyl (C=O) groups excluding carboxylic acids is 1. The monoisotopic (exact) mass is 456 g/mol. The molecule has 3 aromatic rings. The van der Waals surface area contributed by atoms with Gasteiger partial charge in [-0.2, -0.15) is 0 Å². The maximum Gasteiger partial charge on any atom is 0.258 e. The van der Waals surface area contributed by atoms with Gasteiger partial charge < -0.3 is 10.1 Å². The summed E-state index contributed by atoms with van der Waals surface area (Å²) in [5, 5.41) is 2.77. The molecule has 1 amide bonds. The van der Waals surface area contributed by atoms with Gasteiger partial charge in [-0.05, 0) is 61.4 Å². The molecule has 0 fully saturated rings. The second-order valence-corrected chi connectivity index (χ2v) is 9.07. The minimum atomic E-state index is -3.72. The Labute approximate surface area is 187 Å². The molecule has 0 saturated heterocycles. The van der Waals surface area contributed by atoms with Crippen molar-refractivity contribution in [1.82, 2.24) is 10.0 Å². The zero-order chi connectivity index (χ0) is 23.1. The normalized spacial score (nSPS) is 13.2. The molecule has 168 valence electrons. The molecule has 3 aromatic carbocycles. The minimum absolute atomic E-state index is 0.0991. The predicted octanol–water partition coefficient (Wildman–Crippen LogP) is 4.12. The number of amides is 1. The van der Waals surface area contributed by atoms with Gasteiger partial charge in [0.15, 0.2) is 6.61 Å². The first kappa shape index (κ1) is 23.4. The zero-order valence-electron chi connectivity index (χ0n) is 17.8. The third-order valence-corrected chi connectivity index (χ3v) is 6.44. The van der Waals surface area contributed by atoms with E-state index in [1.54, 1.807) is 26.0 Å². The van der Waals surface area contributed by atoms with Crippen LogP contribution < -0.4 is 14.8 Å². The maximum absolute atomic E-state index is 13.0. The molecule has 0 spiro atoms. The number of ether oxygens (including phenoxy) is 1. The fourth-order valence-corrected chi connectivity index (χ4v) is 4.32. The Morgan fingerprint density at radius 1 is 0.875 bits per heavy atom. The number of hydrogen-bond acceptors (Lipinski definition) is 4. The molecular weight excluding hydrogens is 431 g/mol. The van der Waals surface area contributed by atoms with Gasteiger partial charge >= 0.3 is 0 Å². The molecule has 0 unspecified atom stereocenters. The highest BCUT2D eigenvalue weighted by atomic mass is 32.2. The Morgan fingerprint density at radius 3 is 2.09 bits per heavy atom. The van der Waals surface area contributed by atoms with E-state index in [9.17, 15) is 17.6 Å². The molecule has 0 aromatic heterocycles. The first-order valence-corrected chi connectivity index (χ1v) is 11.6. The van der Waals surface area contributed by atoms with Crippen molar-refractivity contribution in [3.05, 3.63) is 95.8 Å². The molecule has 2 N–H and O–H groups in total. The first-order valence-electron chi connectivity index (χ1n) is 10.1. The highest BCUT2D eigenvalue weighted by Crippen LogP contribution is 2.20. The van der Waals surface area contributed by atoms with E-state index in [1.807, 2.05) is 30.3 Å². The fraction of sp³-hybridized carbons (Fsp3) is 0.208. The molecule has 0 saturated carbocycles. The summed E-state index contributed by atoms with van der Waals surface area (Å²) in [6, 6.07) is 20.3. The van der Waals surface area contributed by atoms with Crippen molar-refractivity contribution in [2.24, 2.45) is 0 Å². The highest BCUT2D eigenvalue weighted by Gasteiger charge is 2.18. The van der Waals surface area contributed by atoms with Gasteiger partial charge in [0.1, 0.15) is 11.6 Å². The number of halogens is 1. The van der Waals surface area contributed by atoms with Crippen LogP contribution in [0.1, 0.15) is 37.1 Å². The van der Waals surface area contributed by atoms with E-state index in [1.165, 1.54) is 36.4 Å². The summed E-state index contributed by atoms with van der Waals surface area (Å²) in [5.74, 6) is -0.327. The quantitative estimate of drug-likeness (QED) is 0.507. The van der Waals surface area contributed by atoms with Crippen LogP contribution in [0.25, 0.3) is 0 Å². The number of benzene rings is 3. The van der Waals surface area contributed by atoms with Crippen LogP contribution in [0.15, 0.2) is 83.8 Å². The standard InChI is InChI=1S/C24H25FN2O4S/c1-17(20-8-10-21(25)11-9-20)26-24(28)16-31-22-12-14-23(15-13-22)32(29,30)27-18(2)19-6-4-3-5-7-19/h3-15,17-18,27H,16H2,1-2H3,(H,26,28)/t17-,18+/m0/s1. The largest absolute Gasteiger partial charge is 0.484 e. The van der Waals surface area contributed by atoms with Gasteiger partial charge in [-0.15, -0.1) is 0 Å². The van der Waals surface area contributed by atoms with E-state index in [-0.39, 0.29) is 35.3 Å². The van der Waals surface area contributed by atoms with Crippen LogP contribution in [0, 0.1) is 5.82 Å². The summed E-state index contributed by atoms with van der Waals surface area (Å²) in [7, 11) is -3.72. The molecule has 0 aliphatic heterocycles. The number of rotatable bonds is 9. The van der Waals surface area contributed by atoms with Gasteiger partial charge in [-0.3, -0.25) is 4.79 Å². The molecule has 6 nitrogen and oxygen atoms in total.